The molecule has 0 heterocycles. The summed E-state index contributed by atoms with van der Waals surface area (Å²) in [5, 5.41) is 0. The molecule has 0 spiro atoms. The van der Waals surface area contributed by atoms with E-state index in [0.717, 1.165) is 12.8 Å². The van der Waals surface area contributed by atoms with Crippen molar-refractivity contribution in [3.05, 3.63) is 71.8 Å². The summed E-state index contributed by atoms with van der Waals surface area (Å²) < 4.78 is 5.81. The molecule has 0 aromatic heterocycles. The van der Waals surface area contributed by atoms with Gasteiger partial charge in [-0.15, -0.1) is 0 Å². The predicted octanol–water partition coefficient (Wildman–Crippen LogP) is 5.13. The summed E-state index contributed by atoms with van der Waals surface area (Å²) in [6.45, 7) is 4.47. The van der Waals surface area contributed by atoms with Crippen molar-refractivity contribution in [2.45, 2.75) is 38.2 Å². The van der Waals surface area contributed by atoms with Gasteiger partial charge in [0.05, 0.1) is 5.60 Å². The third kappa shape index (κ3) is 3.49. The second-order valence-corrected chi connectivity index (χ2v) is 5.65. The topological polar surface area (TPSA) is 9.23 Å². The Morgan fingerprint density at radius 2 is 1.50 bits per heavy atom. The average molecular weight is 268 g/mol. The van der Waals surface area contributed by atoms with Gasteiger partial charge in [0.25, 0.3) is 0 Å². The second kappa shape index (κ2) is 6.71. The van der Waals surface area contributed by atoms with Crippen molar-refractivity contribution in [2.75, 3.05) is 7.11 Å². The van der Waals surface area contributed by atoms with Gasteiger partial charge in [0.1, 0.15) is 0 Å². The molecule has 106 valence electrons. The van der Waals surface area contributed by atoms with Gasteiger partial charge in [0.2, 0.25) is 0 Å². The van der Waals surface area contributed by atoms with Crippen LogP contribution in [0.2, 0.25) is 0 Å². The molecule has 0 aliphatic carbocycles. The van der Waals surface area contributed by atoms with E-state index in [-0.39, 0.29) is 5.60 Å². The Labute approximate surface area is 122 Å². The molecule has 1 nitrogen and oxygen atoms in total. The van der Waals surface area contributed by atoms with Crippen molar-refractivity contribution in [1.29, 1.82) is 0 Å². The smallest absolute Gasteiger partial charge is 0.0899 e. The van der Waals surface area contributed by atoms with Gasteiger partial charge in [0.15, 0.2) is 0 Å². The second-order valence-electron chi connectivity index (χ2n) is 5.65. The van der Waals surface area contributed by atoms with Crippen LogP contribution in [0.25, 0.3) is 0 Å². The highest BCUT2D eigenvalue weighted by atomic mass is 16.5. The molecule has 0 N–H and O–H groups in total. The van der Waals surface area contributed by atoms with Crippen LogP contribution in [0.1, 0.15) is 43.7 Å². The van der Waals surface area contributed by atoms with Crippen molar-refractivity contribution in [1.82, 2.24) is 0 Å². The lowest BCUT2D eigenvalue weighted by atomic mass is 9.86. The normalized spacial score (nSPS) is 15.6. The van der Waals surface area contributed by atoms with Crippen LogP contribution in [0.5, 0.6) is 0 Å². The maximum absolute atomic E-state index is 5.81. The molecule has 0 saturated carbocycles. The number of rotatable bonds is 6. The maximum Gasteiger partial charge on any atom is 0.0899 e. The first kappa shape index (κ1) is 14.8. The van der Waals surface area contributed by atoms with E-state index >= 15 is 0 Å². The Bertz CT molecular complexity index is 506. The monoisotopic (exact) mass is 268 g/mol. The van der Waals surface area contributed by atoms with Crippen LogP contribution < -0.4 is 0 Å². The van der Waals surface area contributed by atoms with Gasteiger partial charge in [-0.3, -0.25) is 0 Å². The summed E-state index contributed by atoms with van der Waals surface area (Å²) in [6, 6.07) is 21.2. The van der Waals surface area contributed by atoms with Crippen LogP contribution >= 0.6 is 0 Å². The van der Waals surface area contributed by atoms with E-state index in [1.165, 1.54) is 11.1 Å². The summed E-state index contributed by atoms with van der Waals surface area (Å²) in [6.07, 6.45) is 2.13. The Morgan fingerprint density at radius 1 is 0.950 bits per heavy atom. The van der Waals surface area contributed by atoms with E-state index in [9.17, 15) is 0 Å². The van der Waals surface area contributed by atoms with Crippen LogP contribution in [-0.4, -0.2) is 7.11 Å². The fourth-order valence-electron chi connectivity index (χ4n) is 2.60. The number of hydrogen-bond donors (Lipinski definition) is 0. The lowest BCUT2D eigenvalue weighted by molar-refractivity contribution is -0.00827. The number of benzene rings is 2. The van der Waals surface area contributed by atoms with Crippen molar-refractivity contribution in [3.63, 3.8) is 0 Å². The molecule has 0 aliphatic rings. The first-order valence-corrected chi connectivity index (χ1v) is 7.31. The Hall–Kier alpha value is -1.60. The molecule has 20 heavy (non-hydrogen) atoms. The molecule has 0 fully saturated rings. The number of methoxy groups -OCH3 is 1. The van der Waals surface area contributed by atoms with Crippen LogP contribution in [0, 0.1) is 0 Å². The maximum atomic E-state index is 5.81. The van der Waals surface area contributed by atoms with E-state index in [1.54, 1.807) is 7.11 Å². The van der Waals surface area contributed by atoms with Crippen LogP contribution in [0.4, 0.5) is 0 Å². The highest BCUT2D eigenvalue weighted by molar-refractivity contribution is 5.23. The zero-order chi connectivity index (χ0) is 14.4. The highest BCUT2D eigenvalue weighted by Crippen LogP contribution is 2.33. The summed E-state index contributed by atoms with van der Waals surface area (Å²) in [4.78, 5) is 0. The number of hydrogen-bond acceptors (Lipinski definition) is 1. The van der Waals surface area contributed by atoms with Gasteiger partial charge in [-0.25, -0.2) is 0 Å². The van der Waals surface area contributed by atoms with E-state index in [2.05, 4.69) is 68.4 Å². The molecule has 0 aliphatic heterocycles. The van der Waals surface area contributed by atoms with Crippen molar-refractivity contribution in [2.24, 2.45) is 0 Å². The Balaban J connectivity index is 2.04. The molecule has 2 rings (SSSR count). The average Bonchev–Trinajstić information content (AvgIpc) is 2.54. The largest absolute Gasteiger partial charge is 0.374 e. The molecule has 2 unspecified atom stereocenters. The lowest BCUT2D eigenvalue weighted by Crippen LogP contribution is -2.24. The van der Waals surface area contributed by atoms with Gasteiger partial charge < -0.3 is 4.74 Å². The summed E-state index contributed by atoms with van der Waals surface area (Å²) in [7, 11) is 1.81. The third-order valence-corrected chi connectivity index (χ3v) is 4.26. The summed E-state index contributed by atoms with van der Waals surface area (Å²) in [5.41, 5.74) is 2.45. The highest BCUT2D eigenvalue weighted by Gasteiger charge is 2.26. The van der Waals surface area contributed by atoms with Gasteiger partial charge in [-0.2, -0.15) is 0 Å². The van der Waals surface area contributed by atoms with Gasteiger partial charge in [-0.1, -0.05) is 67.6 Å². The quantitative estimate of drug-likeness (QED) is 0.705. The van der Waals surface area contributed by atoms with Crippen LogP contribution in [0.3, 0.4) is 0 Å². The minimum Gasteiger partial charge on any atom is -0.374 e. The minimum atomic E-state index is -0.204. The van der Waals surface area contributed by atoms with Crippen LogP contribution in [0.15, 0.2) is 60.7 Å². The predicted molar refractivity (Wildman–Crippen MR) is 84.9 cm³/mol. The molecule has 2 aromatic carbocycles. The van der Waals surface area contributed by atoms with E-state index in [0.29, 0.717) is 5.92 Å². The van der Waals surface area contributed by atoms with Gasteiger partial charge in [-0.05, 0) is 36.8 Å². The van der Waals surface area contributed by atoms with Crippen molar-refractivity contribution >= 4 is 0 Å². The molecule has 0 amide bonds. The molecular weight excluding hydrogens is 244 g/mol. The van der Waals surface area contributed by atoms with Gasteiger partial charge >= 0.3 is 0 Å². The number of ether oxygens (including phenoxy) is 1. The SMILES string of the molecule is COC(C)(CCC(C)c1ccccc1)c1ccccc1. The van der Waals surface area contributed by atoms with E-state index in [1.807, 2.05) is 6.07 Å². The fourth-order valence-corrected chi connectivity index (χ4v) is 2.60. The van der Waals surface area contributed by atoms with Crippen molar-refractivity contribution in [3.8, 4) is 0 Å². The fraction of sp³-hybridized carbons (Fsp3) is 0.368. The van der Waals surface area contributed by atoms with Crippen LogP contribution in [-0.2, 0) is 10.3 Å². The van der Waals surface area contributed by atoms with Gasteiger partial charge in [0, 0.05) is 7.11 Å². The Kier molecular flexibility index (Phi) is 4.97. The zero-order valence-electron chi connectivity index (χ0n) is 12.7. The minimum absolute atomic E-state index is 0.204. The Morgan fingerprint density at radius 3 is 2.05 bits per heavy atom. The molecule has 2 atom stereocenters. The standard InChI is InChI=1S/C19H24O/c1-16(17-10-6-4-7-11-17)14-15-19(2,20-3)18-12-8-5-9-13-18/h4-13,16H,14-15H2,1-3H3. The molecule has 0 bridgehead atoms. The molecule has 0 saturated heterocycles. The first-order valence-electron chi connectivity index (χ1n) is 7.31. The molecular formula is C19H24O. The molecule has 0 radical (unpaired) electrons. The molecule has 2 aromatic rings. The zero-order valence-corrected chi connectivity index (χ0v) is 12.7. The molecule has 1 heteroatoms. The van der Waals surface area contributed by atoms with E-state index in [4.69, 9.17) is 4.74 Å². The lowest BCUT2D eigenvalue weighted by Gasteiger charge is -2.30. The first-order chi connectivity index (χ1) is 9.65. The summed E-state index contributed by atoms with van der Waals surface area (Å²) in [5.74, 6) is 0.550. The van der Waals surface area contributed by atoms with E-state index < -0.39 is 0 Å². The van der Waals surface area contributed by atoms with Crippen molar-refractivity contribution < 1.29 is 4.74 Å². The summed E-state index contributed by atoms with van der Waals surface area (Å²) >= 11 is 0. The third-order valence-electron chi connectivity index (χ3n) is 4.26.